The Kier molecular flexibility index (Phi) is 4.39. The third kappa shape index (κ3) is 3.30. The molecule has 8 nitrogen and oxygen atoms in total. The number of fused-ring (bicyclic) bond motifs is 1. The van der Waals surface area contributed by atoms with Gasteiger partial charge in [0.05, 0.1) is 6.04 Å². The van der Waals surface area contributed by atoms with E-state index in [0.29, 0.717) is 24.3 Å². The minimum atomic E-state index is -0.384. The number of hydrogen-bond donors (Lipinski definition) is 1. The molecule has 1 amide bonds. The molecule has 1 aliphatic rings. The Hall–Kier alpha value is -3.16. The van der Waals surface area contributed by atoms with Crippen molar-refractivity contribution in [1.29, 1.82) is 0 Å². The molecule has 0 unspecified atom stereocenters. The zero-order chi connectivity index (χ0) is 19.0. The van der Waals surface area contributed by atoms with E-state index in [1.807, 2.05) is 31.2 Å². The SMILES string of the molecule is CC(C)[C@H]1COC(=O)N1c1ccnc(N[C@@H](C)c2nc3ccccc3o2)n1. The summed E-state index contributed by atoms with van der Waals surface area (Å²) in [5, 5.41) is 3.18. The highest BCUT2D eigenvalue weighted by Gasteiger charge is 2.37. The van der Waals surface area contributed by atoms with Crippen molar-refractivity contribution in [3.05, 3.63) is 42.4 Å². The summed E-state index contributed by atoms with van der Waals surface area (Å²) in [6.45, 7) is 6.38. The normalized spacial score (nSPS) is 18.1. The molecule has 0 saturated carbocycles. The molecule has 3 aromatic rings. The van der Waals surface area contributed by atoms with E-state index in [1.54, 1.807) is 17.2 Å². The number of anilines is 2. The molecular formula is C19H21N5O3. The Labute approximate surface area is 156 Å². The topological polar surface area (TPSA) is 93.4 Å². The summed E-state index contributed by atoms with van der Waals surface area (Å²) < 4.78 is 11.0. The van der Waals surface area contributed by atoms with E-state index in [-0.39, 0.29) is 24.1 Å². The van der Waals surface area contributed by atoms with Gasteiger partial charge >= 0.3 is 6.09 Å². The molecule has 2 atom stereocenters. The van der Waals surface area contributed by atoms with Crippen molar-refractivity contribution in [2.75, 3.05) is 16.8 Å². The number of aromatic nitrogens is 3. The highest BCUT2D eigenvalue weighted by atomic mass is 16.6. The Morgan fingerprint density at radius 3 is 2.78 bits per heavy atom. The van der Waals surface area contributed by atoms with Crippen LogP contribution in [0.4, 0.5) is 16.6 Å². The average Bonchev–Trinajstić information content (AvgIpc) is 3.25. The van der Waals surface area contributed by atoms with E-state index in [0.717, 1.165) is 11.1 Å². The highest BCUT2D eigenvalue weighted by Crippen LogP contribution is 2.27. The molecule has 3 heterocycles. The zero-order valence-electron chi connectivity index (χ0n) is 15.4. The van der Waals surface area contributed by atoms with Crippen LogP contribution >= 0.6 is 0 Å². The molecule has 0 radical (unpaired) electrons. The number of nitrogens with one attached hydrogen (secondary N) is 1. The van der Waals surface area contributed by atoms with Gasteiger partial charge in [0, 0.05) is 6.20 Å². The monoisotopic (exact) mass is 367 g/mol. The molecule has 0 aliphatic carbocycles. The van der Waals surface area contributed by atoms with Crippen molar-refractivity contribution >= 4 is 29.0 Å². The molecule has 2 aromatic heterocycles. The molecule has 4 rings (SSSR count). The molecule has 1 saturated heterocycles. The molecule has 1 fully saturated rings. The fourth-order valence-corrected chi connectivity index (χ4v) is 3.07. The Morgan fingerprint density at radius 2 is 2.00 bits per heavy atom. The van der Waals surface area contributed by atoms with Crippen molar-refractivity contribution in [3.8, 4) is 0 Å². The van der Waals surface area contributed by atoms with Gasteiger partial charge in [0.1, 0.15) is 24.0 Å². The van der Waals surface area contributed by atoms with Crippen LogP contribution in [0.15, 0.2) is 40.9 Å². The lowest BCUT2D eigenvalue weighted by atomic mass is 10.0. The largest absolute Gasteiger partial charge is 0.447 e. The van der Waals surface area contributed by atoms with Gasteiger partial charge in [-0.15, -0.1) is 0 Å². The van der Waals surface area contributed by atoms with Crippen LogP contribution in [0.1, 0.15) is 32.7 Å². The molecule has 1 aromatic carbocycles. The van der Waals surface area contributed by atoms with Crippen LogP contribution in [0.3, 0.4) is 0 Å². The Bertz CT molecular complexity index is 938. The lowest BCUT2D eigenvalue weighted by molar-refractivity contribution is 0.177. The first kappa shape index (κ1) is 17.3. The first-order valence-corrected chi connectivity index (χ1v) is 8.94. The summed E-state index contributed by atoms with van der Waals surface area (Å²) in [6, 6.07) is 9.02. The van der Waals surface area contributed by atoms with Crippen molar-refractivity contribution in [1.82, 2.24) is 15.0 Å². The van der Waals surface area contributed by atoms with Crippen molar-refractivity contribution in [2.24, 2.45) is 5.92 Å². The van der Waals surface area contributed by atoms with Crippen LogP contribution in [-0.2, 0) is 4.74 Å². The quantitative estimate of drug-likeness (QED) is 0.733. The van der Waals surface area contributed by atoms with Crippen LogP contribution in [0.2, 0.25) is 0 Å². The number of ether oxygens (including phenoxy) is 1. The van der Waals surface area contributed by atoms with Gasteiger partial charge in [0.2, 0.25) is 11.8 Å². The van der Waals surface area contributed by atoms with E-state index in [1.165, 1.54) is 0 Å². The van der Waals surface area contributed by atoms with E-state index in [4.69, 9.17) is 9.15 Å². The summed E-state index contributed by atoms with van der Waals surface area (Å²) in [5.41, 5.74) is 1.53. The number of rotatable bonds is 5. The Morgan fingerprint density at radius 1 is 1.19 bits per heavy atom. The molecule has 27 heavy (non-hydrogen) atoms. The minimum Gasteiger partial charge on any atom is -0.447 e. The fourth-order valence-electron chi connectivity index (χ4n) is 3.07. The predicted molar refractivity (Wildman–Crippen MR) is 101 cm³/mol. The van der Waals surface area contributed by atoms with Crippen LogP contribution in [0.5, 0.6) is 0 Å². The number of carbonyl (C=O) groups excluding carboxylic acids is 1. The van der Waals surface area contributed by atoms with E-state index < -0.39 is 0 Å². The number of nitrogens with zero attached hydrogens (tertiary/aromatic N) is 4. The maximum atomic E-state index is 12.1. The second kappa shape index (κ2) is 6.86. The van der Waals surface area contributed by atoms with Crippen LogP contribution in [-0.4, -0.2) is 33.7 Å². The minimum absolute atomic E-state index is 0.0466. The van der Waals surface area contributed by atoms with E-state index in [9.17, 15) is 4.79 Å². The lowest BCUT2D eigenvalue weighted by Crippen LogP contribution is -2.37. The smallest absolute Gasteiger partial charge is 0.415 e. The summed E-state index contributed by atoms with van der Waals surface area (Å²) in [5.74, 6) is 1.70. The number of carbonyl (C=O) groups is 1. The summed E-state index contributed by atoms with van der Waals surface area (Å²) >= 11 is 0. The number of para-hydroxylation sites is 2. The van der Waals surface area contributed by atoms with Gasteiger partial charge in [-0.05, 0) is 31.0 Å². The van der Waals surface area contributed by atoms with Crippen LogP contribution < -0.4 is 10.2 Å². The number of benzene rings is 1. The third-order valence-corrected chi connectivity index (χ3v) is 4.59. The van der Waals surface area contributed by atoms with Gasteiger partial charge in [0.25, 0.3) is 0 Å². The van der Waals surface area contributed by atoms with Gasteiger partial charge < -0.3 is 14.5 Å². The molecule has 0 bridgehead atoms. The van der Waals surface area contributed by atoms with Crippen molar-refractivity contribution < 1.29 is 13.9 Å². The molecule has 1 aliphatic heterocycles. The maximum Gasteiger partial charge on any atom is 0.415 e. The molecule has 140 valence electrons. The predicted octanol–water partition coefficient (Wildman–Crippen LogP) is 3.77. The molecular weight excluding hydrogens is 346 g/mol. The van der Waals surface area contributed by atoms with Crippen molar-refractivity contribution in [3.63, 3.8) is 0 Å². The molecule has 8 heteroatoms. The van der Waals surface area contributed by atoms with Gasteiger partial charge in [0.15, 0.2) is 5.58 Å². The summed E-state index contributed by atoms with van der Waals surface area (Å²) in [6.07, 6.45) is 1.23. The summed E-state index contributed by atoms with van der Waals surface area (Å²) in [4.78, 5) is 27.0. The van der Waals surface area contributed by atoms with Gasteiger partial charge in [-0.25, -0.2) is 14.8 Å². The van der Waals surface area contributed by atoms with E-state index in [2.05, 4.69) is 34.1 Å². The van der Waals surface area contributed by atoms with Crippen LogP contribution in [0.25, 0.3) is 11.1 Å². The number of amides is 1. The second-order valence-electron chi connectivity index (χ2n) is 6.88. The fraction of sp³-hybridized carbons (Fsp3) is 0.368. The first-order chi connectivity index (χ1) is 13.0. The third-order valence-electron chi connectivity index (χ3n) is 4.59. The summed E-state index contributed by atoms with van der Waals surface area (Å²) in [7, 11) is 0. The standard InChI is InChI=1S/C19H21N5O3/c1-11(2)14-10-26-19(25)24(14)16-8-9-20-18(23-16)21-12(3)17-22-13-6-4-5-7-15(13)27-17/h4-9,11-12,14H,10H2,1-3H3,(H,20,21,23)/t12-,14+/m0/s1. The number of oxazole rings is 1. The van der Waals surface area contributed by atoms with Gasteiger partial charge in [-0.1, -0.05) is 26.0 Å². The molecule has 0 spiro atoms. The maximum absolute atomic E-state index is 12.1. The molecule has 1 N–H and O–H groups in total. The van der Waals surface area contributed by atoms with Gasteiger partial charge in [-0.2, -0.15) is 4.98 Å². The van der Waals surface area contributed by atoms with E-state index >= 15 is 0 Å². The number of cyclic esters (lactones) is 1. The van der Waals surface area contributed by atoms with Crippen molar-refractivity contribution in [2.45, 2.75) is 32.9 Å². The lowest BCUT2D eigenvalue weighted by Gasteiger charge is -2.23. The zero-order valence-corrected chi connectivity index (χ0v) is 15.4. The Balaban J connectivity index is 1.56. The highest BCUT2D eigenvalue weighted by molar-refractivity contribution is 5.89. The van der Waals surface area contributed by atoms with Crippen LogP contribution in [0, 0.1) is 5.92 Å². The number of hydrogen-bond acceptors (Lipinski definition) is 7. The first-order valence-electron chi connectivity index (χ1n) is 8.94. The van der Waals surface area contributed by atoms with Gasteiger partial charge in [-0.3, -0.25) is 4.90 Å². The second-order valence-corrected chi connectivity index (χ2v) is 6.88. The average molecular weight is 367 g/mol.